The third-order valence-corrected chi connectivity index (χ3v) is 5.26. The molecular weight excluding hydrogens is 371 g/mol. The molecule has 0 radical (unpaired) electrons. The van der Waals surface area contributed by atoms with Crippen LogP contribution in [-0.4, -0.2) is 35.4 Å². The first kappa shape index (κ1) is 21.3. The van der Waals surface area contributed by atoms with Crippen molar-refractivity contribution in [2.75, 3.05) is 19.8 Å². The molecule has 0 aliphatic carbocycles. The van der Waals surface area contributed by atoms with Crippen LogP contribution >= 0.6 is 12.4 Å². The number of nitrogens with zero attached hydrogens (tertiary/aromatic N) is 2. The Morgan fingerprint density at radius 1 is 1.37 bits per heavy atom. The molecule has 1 atom stereocenters. The van der Waals surface area contributed by atoms with Crippen LogP contribution in [0.15, 0.2) is 30.5 Å². The van der Waals surface area contributed by atoms with Gasteiger partial charge in [0.2, 0.25) is 5.91 Å². The number of benzene rings is 1. The van der Waals surface area contributed by atoms with Gasteiger partial charge >= 0.3 is 0 Å². The minimum absolute atomic E-state index is 0. The maximum Gasteiger partial charge on any atom is 0.228 e. The Morgan fingerprint density at radius 2 is 2.00 bits per heavy atom. The number of halogens is 2. The standard InChI is InChI=1S/C19H25FN4O2.ClH/c1-13(23-18(25)19(12-21)7-9-26-10-8-19)17-11-22-24(14(17)2)16-5-3-15(20)4-6-16;/h3-6,11,13H,7-10,12,21H2,1-2H3,(H,23,25);1H. The van der Waals surface area contributed by atoms with Crippen molar-refractivity contribution in [3.05, 3.63) is 47.5 Å². The fourth-order valence-corrected chi connectivity index (χ4v) is 3.40. The first-order valence-corrected chi connectivity index (χ1v) is 8.86. The minimum atomic E-state index is -0.562. The molecule has 1 unspecified atom stereocenters. The van der Waals surface area contributed by atoms with Crippen molar-refractivity contribution in [1.82, 2.24) is 15.1 Å². The number of hydrogen-bond donors (Lipinski definition) is 2. The lowest BCUT2D eigenvalue weighted by Crippen LogP contribution is -2.49. The molecule has 1 fully saturated rings. The Labute approximate surface area is 164 Å². The van der Waals surface area contributed by atoms with E-state index < -0.39 is 5.41 Å². The average molecular weight is 397 g/mol. The number of rotatable bonds is 5. The molecule has 2 aromatic rings. The van der Waals surface area contributed by atoms with E-state index in [1.165, 1.54) is 12.1 Å². The Hall–Kier alpha value is -1.96. The lowest BCUT2D eigenvalue weighted by atomic mass is 9.79. The monoisotopic (exact) mass is 396 g/mol. The first-order valence-electron chi connectivity index (χ1n) is 8.86. The molecule has 6 nitrogen and oxygen atoms in total. The SMILES string of the molecule is Cc1c(C(C)NC(=O)C2(CN)CCOCC2)cnn1-c1ccc(F)cc1.Cl. The fourth-order valence-electron chi connectivity index (χ4n) is 3.40. The number of ether oxygens (including phenoxy) is 1. The predicted octanol–water partition coefficient (Wildman–Crippen LogP) is 2.67. The Kier molecular flexibility index (Phi) is 6.97. The molecule has 3 rings (SSSR count). The summed E-state index contributed by atoms with van der Waals surface area (Å²) in [7, 11) is 0. The first-order chi connectivity index (χ1) is 12.5. The normalized spacial score (nSPS) is 17.0. The molecule has 1 aliphatic heterocycles. The summed E-state index contributed by atoms with van der Waals surface area (Å²) >= 11 is 0. The minimum Gasteiger partial charge on any atom is -0.381 e. The highest BCUT2D eigenvalue weighted by atomic mass is 35.5. The van der Waals surface area contributed by atoms with E-state index in [1.807, 2.05) is 13.8 Å². The van der Waals surface area contributed by atoms with Crippen molar-refractivity contribution in [3.63, 3.8) is 0 Å². The van der Waals surface area contributed by atoms with Gasteiger partial charge in [0.05, 0.1) is 23.3 Å². The molecular formula is C19H26ClFN4O2. The summed E-state index contributed by atoms with van der Waals surface area (Å²) in [5.74, 6) is -0.326. The summed E-state index contributed by atoms with van der Waals surface area (Å²) in [6, 6.07) is 5.94. The molecule has 1 aliphatic rings. The lowest BCUT2D eigenvalue weighted by molar-refractivity contribution is -0.136. The summed E-state index contributed by atoms with van der Waals surface area (Å²) in [5.41, 5.74) is 7.94. The Balaban J connectivity index is 0.00000261. The second-order valence-electron chi connectivity index (χ2n) is 6.87. The average Bonchev–Trinajstić information content (AvgIpc) is 3.04. The number of carbonyl (C=O) groups excluding carboxylic acids is 1. The highest BCUT2D eigenvalue weighted by molar-refractivity contribution is 5.85. The number of nitrogens with one attached hydrogen (secondary N) is 1. The van der Waals surface area contributed by atoms with Gasteiger partial charge in [0, 0.05) is 31.0 Å². The molecule has 0 spiro atoms. The topological polar surface area (TPSA) is 82.2 Å². The van der Waals surface area contributed by atoms with E-state index in [2.05, 4.69) is 10.4 Å². The highest BCUT2D eigenvalue weighted by Gasteiger charge is 2.39. The Morgan fingerprint density at radius 3 is 2.59 bits per heavy atom. The molecule has 1 amide bonds. The van der Waals surface area contributed by atoms with Crippen LogP contribution in [0, 0.1) is 18.2 Å². The van der Waals surface area contributed by atoms with Crippen molar-refractivity contribution in [3.8, 4) is 5.69 Å². The highest BCUT2D eigenvalue weighted by Crippen LogP contribution is 2.31. The maximum absolute atomic E-state index is 13.1. The number of nitrogens with two attached hydrogens (primary N) is 1. The van der Waals surface area contributed by atoms with Crippen LogP contribution in [0.3, 0.4) is 0 Å². The Bertz CT molecular complexity index is 773. The van der Waals surface area contributed by atoms with Crippen LogP contribution in [0.1, 0.15) is 37.1 Å². The lowest BCUT2D eigenvalue weighted by Gasteiger charge is -2.35. The van der Waals surface area contributed by atoms with Gasteiger partial charge in [-0.25, -0.2) is 9.07 Å². The molecule has 1 saturated heterocycles. The van der Waals surface area contributed by atoms with E-state index in [4.69, 9.17) is 10.5 Å². The van der Waals surface area contributed by atoms with Crippen LogP contribution < -0.4 is 11.1 Å². The summed E-state index contributed by atoms with van der Waals surface area (Å²) in [5, 5.41) is 7.48. The van der Waals surface area contributed by atoms with Crippen molar-refractivity contribution < 1.29 is 13.9 Å². The van der Waals surface area contributed by atoms with Crippen LogP contribution in [0.5, 0.6) is 0 Å². The van der Waals surface area contributed by atoms with Crippen molar-refractivity contribution in [2.45, 2.75) is 32.7 Å². The van der Waals surface area contributed by atoms with E-state index in [0.29, 0.717) is 32.6 Å². The van der Waals surface area contributed by atoms with E-state index in [0.717, 1.165) is 16.9 Å². The number of carbonyl (C=O) groups is 1. The van der Waals surface area contributed by atoms with Crippen molar-refractivity contribution in [1.29, 1.82) is 0 Å². The second kappa shape index (κ2) is 8.82. The molecule has 0 saturated carbocycles. The zero-order valence-electron chi connectivity index (χ0n) is 15.6. The van der Waals surface area contributed by atoms with Gasteiger partial charge in [-0.3, -0.25) is 4.79 Å². The van der Waals surface area contributed by atoms with Crippen molar-refractivity contribution in [2.24, 2.45) is 11.1 Å². The van der Waals surface area contributed by atoms with Gasteiger partial charge in [-0.1, -0.05) is 0 Å². The zero-order valence-corrected chi connectivity index (χ0v) is 16.4. The quantitative estimate of drug-likeness (QED) is 0.814. The second-order valence-corrected chi connectivity index (χ2v) is 6.87. The van der Waals surface area contributed by atoms with Gasteiger partial charge in [-0.2, -0.15) is 5.10 Å². The molecule has 3 N–H and O–H groups in total. The molecule has 1 aromatic heterocycles. The van der Waals surface area contributed by atoms with Crippen LogP contribution in [0.25, 0.3) is 5.69 Å². The van der Waals surface area contributed by atoms with Crippen LogP contribution in [0.4, 0.5) is 4.39 Å². The van der Waals surface area contributed by atoms with E-state index in [1.54, 1.807) is 23.0 Å². The van der Waals surface area contributed by atoms with Crippen molar-refractivity contribution >= 4 is 18.3 Å². The summed E-state index contributed by atoms with van der Waals surface area (Å²) in [4.78, 5) is 12.8. The molecule has 0 bridgehead atoms. The van der Waals surface area contributed by atoms with Gasteiger partial charge < -0.3 is 15.8 Å². The molecule has 1 aromatic carbocycles. The van der Waals surface area contributed by atoms with Gasteiger partial charge in [0.15, 0.2) is 0 Å². The van der Waals surface area contributed by atoms with Crippen LogP contribution in [0.2, 0.25) is 0 Å². The largest absolute Gasteiger partial charge is 0.381 e. The van der Waals surface area contributed by atoms with Gasteiger partial charge in [0.25, 0.3) is 0 Å². The summed E-state index contributed by atoms with van der Waals surface area (Å²) in [6.45, 7) is 5.28. The third-order valence-electron chi connectivity index (χ3n) is 5.26. The number of amides is 1. The molecule has 2 heterocycles. The van der Waals surface area contributed by atoms with Crippen LogP contribution in [-0.2, 0) is 9.53 Å². The van der Waals surface area contributed by atoms with Gasteiger partial charge in [-0.15, -0.1) is 12.4 Å². The number of hydrogen-bond acceptors (Lipinski definition) is 4. The third kappa shape index (κ3) is 4.31. The molecule has 27 heavy (non-hydrogen) atoms. The zero-order chi connectivity index (χ0) is 18.7. The predicted molar refractivity (Wildman–Crippen MR) is 104 cm³/mol. The maximum atomic E-state index is 13.1. The van der Waals surface area contributed by atoms with E-state index >= 15 is 0 Å². The summed E-state index contributed by atoms with van der Waals surface area (Å²) < 4.78 is 20.2. The van der Waals surface area contributed by atoms with Gasteiger partial charge in [-0.05, 0) is 51.0 Å². The summed E-state index contributed by atoms with van der Waals surface area (Å²) in [6.07, 6.45) is 3.01. The van der Waals surface area contributed by atoms with Gasteiger partial charge in [0.1, 0.15) is 5.82 Å². The molecule has 148 valence electrons. The molecule has 8 heteroatoms. The van der Waals surface area contributed by atoms with E-state index in [-0.39, 0.29) is 30.2 Å². The number of aromatic nitrogens is 2. The smallest absolute Gasteiger partial charge is 0.228 e. The van der Waals surface area contributed by atoms with E-state index in [9.17, 15) is 9.18 Å². The fraction of sp³-hybridized carbons (Fsp3) is 0.474.